The first-order chi connectivity index (χ1) is 12.1. The third kappa shape index (κ3) is 4.08. The lowest BCUT2D eigenvalue weighted by Gasteiger charge is -2.17. The van der Waals surface area contributed by atoms with E-state index in [1.165, 1.54) is 11.3 Å². The molecule has 0 saturated carbocycles. The number of benzene rings is 1. The monoisotopic (exact) mass is 372 g/mol. The van der Waals surface area contributed by atoms with Gasteiger partial charge in [-0.05, 0) is 36.9 Å². The molecule has 0 unspecified atom stereocenters. The minimum atomic E-state index is -0.00939. The van der Waals surface area contributed by atoms with Gasteiger partial charge in [0.2, 0.25) is 0 Å². The van der Waals surface area contributed by atoms with Crippen LogP contribution < -0.4 is 4.74 Å². The Bertz CT molecular complexity index is 856. The molecule has 0 spiro atoms. The Balaban J connectivity index is 1.62. The third-order valence-corrected chi connectivity index (χ3v) is 5.76. The van der Waals surface area contributed by atoms with Crippen LogP contribution in [0.3, 0.4) is 0 Å². The summed E-state index contributed by atoms with van der Waals surface area (Å²) in [5.41, 5.74) is 2.95. The van der Waals surface area contributed by atoms with Gasteiger partial charge in [-0.3, -0.25) is 4.79 Å². The maximum atomic E-state index is 12.7. The normalized spacial score (nSPS) is 10.7. The second-order valence-corrected chi connectivity index (χ2v) is 7.57. The number of nitrogens with zero attached hydrogens (tertiary/aromatic N) is 2. The van der Waals surface area contributed by atoms with E-state index in [0.29, 0.717) is 18.0 Å². The first kappa shape index (κ1) is 17.6. The second-order valence-electron chi connectivity index (χ2n) is 5.79. The van der Waals surface area contributed by atoms with Crippen molar-refractivity contribution in [2.75, 3.05) is 20.2 Å². The summed E-state index contributed by atoms with van der Waals surface area (Å²) in [5.74, 6) is 0.849. The van der Waals surface area contributed by atoms with Gasteiger partial charge < -0.3 is 9.64 Å². The molecule has 0 fully saturated rings. The number of hydrogen-bond acceptors (Lipinski definition) is 5. The van der Waals surface area contributed by atoms with Crippen LogP contribution in [0.25, 0.3) is 10.6 Å². The molecule has 1 aromatic carbocycles. The van der Waals surface area contributed by atoms with Crippen molar-refractivity contribution in [3.63, 3.8) is 0 Å². The van der Waals surface area contributed by atoms with Gasteiger partial charge in [0.25, 0.3) is 5.91 Å². The largest absolute Gasteiger partial charge is 0.491 e. The van der Waals surface area contributed by atoms with Crippen molar-refractivity contribution >= 4 is 28.6 Å². The number of likely N-dealkylation sites (N-methyl/N-ethyl adjacent to an activating group) is 1. The number of amides is 1. The molecule has 3 aromatic rings. The zero-order valence-corrected chi connectivity index (χ0v) is 16.1. The van der Waals surface area contributed by atoms with Crippen LogP contribution in [-0.2, 0) is 0 Å². The van der Waals surface area contributed by atoms with Crippen molar-refractivity contribution in [2.45, 2.75) is 13.8 Å². The van der Waals surface area contributed by atoms with Gasteiger partial charge in [0.15, 0.2) is 0 Å². The molecule has 2 aromatic heterocycles. The van der Waals surface area contributed by atoms with E-state index >= 15 is 0 Å². The highest BCUT2D eigenvalue weighted by atomic mass is 32.1. The number of aromatic nitrogens is 1. The van der Waals surface area contributed by atoms with Gasteiger partial charge in [-0.15, -0.1) is 11.3 Å². The number of hydrogen-bond donors (Lipinski definition) is 0. The fourth-order valence-corrected chi connectivity index (χ4v) is 4.16. The molecule has 6 heteroatoms. The summed E-state index contributed by atoms with van der Waals surface area (Å²) in [4.78, 5) is 19.6. The molecule has 0 bridgehead atoms. The molecular weight excluding hydrogens is 352 g/mol. The summed E-state index contributed by atoms with van der Waals surface area (Å²) in [6.07, 6.45) is 0. The summed E-state index contributed by atoms with van der Waals surface area (Å²) < 4.78 is 5.78. The van der Waals surface area contributed by atoms with Gasteiger partial charge in [-0.2, -0.15) is 11.3 Å². The zero-order valence-electron chi connectivity index (χ0n) is 14.5. The Hall–Kier alpha value is -2.18. The first-order valence-electron chi connectivity index (χ1n) is 8.00. The molecule has 130 valence electrons. The Kier molecular flexibility index (Phi) is 5.50. The van der Waals surface area contributed by atoms with Crippen LogP contribution >= 0.6 is 22.7 Å². The number of carbonyl (C=O) groups excluding carboxylic acids is 1. The quantitative estimate of drug-likeness (QED) is 0.633. The fourth-order valence-electron chi connectivity index (χ4n) is 2.39. The van der Waals surface area contributed by atoms with Crippen molar-refractivity contribution in [1.29, 1.82) is 0 Å². The van der Waals surface area contributed by atoms with E-state index in [-0.39, 0.29) is 5.91 Å². The highest BCUT2D eigenvalue weighted by molar-refractivity contribution is 7.17. The fraction of sp³-hybridized carbons (Fsp3) is 0.263. The highest BCUT2D eigenvalue weighted by Crippen LogP contribution is 2.30. The van der Waals surface area contributed by atoms with Crippen molar-refractivity contribution in [2.24, 2.45) is 0 Å². The number of para-hydroxylation sites is 1. The number of thiazole rings is 1. The van der Waals surface area contributed by atoms with Crippen LogP contribution in [-0.4, -0.2) is 36.0 Å². The van der Waals surface area contributed by atoms with Crippen LogP contribution in [0.5, 0.6) is 5.75 Å². The van der Waals surface area contributed by atoms with Crippen molar-refractivity contribution in [1.82, 2.24) is 9.88 Å². The van der Waals surface area contributed by atoms with Crippen LogP contribution in [0, 0.1) is 13.8 Å². The van der Waals surface area contributed by atoms with Gasteiger partial charge in [-0.25, -0.2) is 4.98 Å². The SMILES string of the molecule is Cc1ccccc1OCCN(C)C(=O)c1sc(-c2ccsc2)nc1C. The molecule has 0 N–H and O–H groups in total. The molecule has 1 amide bonds. The Morgan fingerprint density at radius 1 is 1.24 bits per heavy atom. The van der Waals surface area contributed by atoms with Gasteiger partial charge >= 0.3 is 0 Å². The Morgan fingerprint density at radius 3 is 2.76 bits per heavy atom. The lowest BCUT2D eigenvalue weighted by atomic mass is 10.2. The van der Waals surface area contributed by atoms with Gasteiger partial charge in [-0.1, -0.05) is 18.2 Å². The number of thiophene rings is 1. The maximum absolute atomic E-state index is 12.7. The van der Waals surface area contributed by atoms with E-state index in [1.54, 1.807) is 23.3 Å². The lowest BCUT2D eigenvalue weighted by molar-refractivity contribution is 0.0777. The zero-order chi connectivity index (χ0) is 17.8. The molecule has 0 aliphatic rings. The molecule has 3 rings (SSSR count). The molecule has 0 saturated heterocycles. The predicted octanol–water partition coefficient (Wildman–Crippen LogP) is 4.64. The molecule has 0 radical (unpaired) electrons. The second kappa shape index (κ2) is 7.80. The molecule has 25 heavy (non-hydrogen) atoms. The number of aryl methyl sites for hydroxylation is 2. The van der Waals surface area contributed by atoms with Gasteiger partial charge in [0.1, 0.15) is 22.2 Å². The van der Waals surface area contributed by atoms with Crippen LogP contribution in [0.15, 0.2) is 41.1 Å². The van der Waals surface area contributed by atoms with Crippen LogP contribution in [0.4, 0.5) is 0 Å². The average molecular weight is 373 g/mol. The minimum absolute atomic E-state index is 0.00939. The van der Waals surface area contributed by atoms with Crippen molar-refractivity contribution in [3.05, 3.63) is 57.2 Å². The van der Waals surface area contributed by atoms with Crippen LogP contribution in [0.2, 0.25) is 0 Å². The Labute approximate surface area is 155 Å². The van der Waals surface area contributed by atoms with Gasteiger partial charge in [0.05, 0.1) is 12.2 Å². The topological polar surface area (TPSA) is 42.4 Å². The molecule has 0 atom stereocenters. The van der Waals surface area contributed by atoms with E-state index in [9.17, 15) is 4.79 Å². The van der Waals surface area contributed by atoms with Crippen LogP contribution in [0.1, 0.15) is 20.9 Å². The summed E-state index contributed by atoms with van der Waals surface area (Å²) >= 11 is 3.08. The molecule has 2 heterocycles. The van der Waals surface area contributed by atoms with E-state index in [0.717, 1.165) is 27.6 Å². The molecular formula is C19H20N2O2S2. The third-order valence-electron chi connectivity index (χ3n) is 3.88. The summed E-state index contributed by atoms with van der Waals surface area (Å²) in [6, 6.07) is 9.91. The summed E-state index contributed by atoms with van der Waals surface area (Å²) in [7, 11) is 1.80. The highest BCUT2D eigenvalue weighted by Gasteiger charge is 2.19. The average Bonchev–Trinajstić information content (AvgIpc) is 3.25. The standard InChI is InChI=1S/C19H20N2O2S2/c1-13-6-4-5-7-16(13)23-10-9-21(3)19(22)17-14(2)20-18(25-17)15-8-11-24-12-15/h4-8,11-12H,9-10H2,1-3H3. The smallest absolute Gasteiger partial charge is 0.265 e. The Morgan fingerprint density at radius 2 is 2.04 bits per heavy atom. The molecule has 4 nitrogen and oxygen atoms in total. The van der Waals surface area contributed by atoms with E-state index < -0.39 is 0 Å². The number of ether oxygens (including phenoxy) is 1. The number of rotatable bonds is 6. The predicted molar refractivity (Wildman–Crippen MR) is 104 cm³/mol. The van der Waals surface area contributed by atoms with E-state index in [2.05, 4.69) is 4.98 Å². The van der Waals surface area contributed by atoms with E-state index in [1.807, 2.05) is 54.9 Å². The van der Waals surface area contributed by atoms with Gasteiger partial charge in [0, 0.05) is 18.0 Å². The molecule has 0 aliphatic heterocycles. The lowest BCUT2D eigenvalue weighted by Crippen LogP contribution is -2.30. The first-order valence-corrected chi connectivity index (χ1v) is 9.76. The minimum Gasteiger partial charge on any atom is -0.491 e. The van der Waals surface area contributed by atoms with Crippen molar-refractivity contribution < 1.29 is 9.53 Å². The summed E-state index contributed by atoms with van der Waals surface area (Å²) in [5, 5.41) is 4.96. The van der Waals surface area contributed by atoms with E-state index in [4.69, 9.17) is 4.74 Å². The number of carbonyl (C=O) groups is 1. The van der Waals surface area contributed by atoms with Crippen molar-refractivity contribution in [3.8, 4) is 16.3 Å². The molecule has 0 aliphatic carbocycles. The summed E-state index contributed by atoms with van der Waals surface area (Å²) in [6.45, 7) is 4.88. The maximum Gasteiger partial charge on any atom is 0.265 e.